The number of hydrogen-bond donors (Lipinski definition) is 1. The molecule has 1 N–H and O–H groups in total. The van der Waals surface area contributed by atoms with E-state index in [0.29, 0.717) is 19.1 Å². The van der Waals surface area contributed by atoms with Crippen LogP contribution in [0.5, 0.6) is 0 Å². The zero-order valence-corrected chi connectivity index (χ0v) is 12.4. The van der Waals surface area contributed by atoms with Crippen molar-refractivity contribution in [2.24, 2.45) is 0 Å². The van der Waals surface area contributed by atoms with Crippen molar-refractivity contribution in [1.29, 1.82) is 0 Å². The molecule has 0 radical (unpaired) electrons. The molecule has 0 saturated carbocycles. The number of hydrogen-bond acceptors (Lipinski definition) is 4. The van der Waals surface area contributed by atoms with Gasteiger partial charge in [-0.15, -0.1) is 0 Å². The molecule has 3 heterocycles. The molecule has 3 rings (SSSR count). The van der Waals surface area contributed by atoms with Gasteiger partial charge < -0.3 is 5.32 Å². The molecular weight excluding hydrogens is 262 g/mol. The zero-order chi connectivity index (χ0) is 13.3. The molecule has 0 amide bonds. The third-order valence-electron chi connectivity index (χ3n) is 4.83. The van der Waals surface area contributed by atoms with Crippen LogP contribution in [0.3, 0.4) is 0 Å². The smallest absolute Gasteiger partial charge is 0.218 e. The fourth-order valence-electron chi connectivity index (χ4n) is 3.64. The first-order valence-corrected chi connectivity index (χ1v) is 9.12. The summed E-state index contributed by atoms with van der Waals surface area (Å²) < 4.78 is 27.1. The molecule has 0 aromatic rings. The van der Waals surface area contributed by atoms with Gasteiger partial charge in [0.25, 0.3) is 0 Å². The summed E-state index contributed by atoms with van der Waals surface area (Å²) in [6.45, 7) is 5.08. The van der Waals surface area contributed by atoms with Gasteiger partial charge in [0.1, 0.15) is 0 Å². The lowest BCUT2D eigenvalue weighted by atomic mass is 10.0. The molecule has 3 saturated heterocycles. The molecule has 3 aliphatic rings. The second kappa shape index (κ2) is 5.68. The van der Waals surface area contributed by atoms with Crippen molar-refractivity contribution in [3.05, 3.63) is 0 Å². The Labute approximate surface area is 116 Å². The summed E-state index contributed by atoms with van der Waals surface area (Å²) >= 11 is 0. The Morgan fingerprint density at radius 2 is 1.89 bits per heavy atom. The van der Waals surface area contributed by atoms with Crippen LogP contribution in [0.2, 0.25) is 0 Å². The summed E-state index contributed by atoms with van der Waals surface area (Å²) in [5.41, 5.74) is 0. The van der Waals surface area contributed by atoms with E-state index in [1.54, 1.807) is 4.31 Å². The Bertz CT molecular complexity index is 406. The topological polar surface area (TPSA) is 52.7 Å². The van der Waals surface area contributed by atoms with Crippen LogP contribution in [-0.2, 0) is 10.0 Å². The molecule has 2 unspecified atom stereocenters. The van der Waals surface area contributed by atoms with E-state index in [1.807, 2.05) is 0 Å². The summed E-state index contributed by atoms with van der Waals surface area (Å²) in [6, 6.07) is 0.467. The monoisotopic (exact) mass is 287 g/mol. The highest BCUT2D eigenvalue weighted by Gasteiger charge is 2.38. The fourth-order valence-corrected chi connectivity index (χ4v) is 5.57. The van der Waals surface area contributed by atoms with Crippen molar-refractivity contribution >= 4 is 10.0 Å². The number of nitrogens with zero attached hydrogens (tertiary/aromatic N) is 2. The van der Waals surface area contributed by atoms with Crippen LogP contribution in [0, 0.1) is 0 Å². The van der Waals surface area contributed by atoms with Gasteiger partial charge in [-0.3, -0.25) is 4.90 Å². The summed E-state index contributed by atoms with van der Waals surface area (Å²) in [6.07, 6.45) is 5.48. The minimum Gasteiger partial charge on any atom is -0.315 e. The van der Waals surface area contributed by atoms with Crippen LogP contribution in [0.1, 0.15) is 32.1 Å². The minimum absolute atomic E-state index is 0.198. The molecule has 3 aliphatic heterocycles. The van der Waals surface area contributed by atoms with Crippen LogP contribution < -0.4 is 5.32 Å². The molecule has 5 nitrogen and oxygen atoms in total. The highest BCUT2D eigenvalue weighted by Crippen LogP contribution is 2.25. The number of piperidine rings is 2. The summed E-state index contributed by atoms with van der Waals surface area (Å²) in [7, 11) is -3.09. The van der Waals surface area contributed by atoms with Gasteiger partial charge in [-0.2, -0.15) is 4.31 Å². The second-order valence-corrected chi connectivity index (χ2v) is 8.27. The number of sulfonamides is 1. The Morgan fingerprint density at radius 3 is 2.68 bits per heavy atom. The van der Waals surface area contributed by atoms with Gasteiger partial charge in [-0.1, -0.05) is 6.42 Å². The first-order valence-electron chi connectivity index (χ1n) is 7.61. The molecule has 0 bridgehead atoms. The van der Waals surface area contributed by atoms with Crippen molar-refractivity contribution in [3.63, 3.8) is 0 Å². The van der Waals surface area contributed by atoms with Crippen LogP contribution in [-0.4, -0.2) is 68.2 Å². The Kier molecular flexibility index (Phi) is 4.12. The predicted octanol–water partition coefficient (Wildman–Crippen LogP) is 0.238. The van der Waals surface area contributed by atoms with Gasteiger partial charge in [0.2, 0.25) is 10.0 Å². The molecule has 0 spiro atoms. The Morgan fingerprint density at radius 1 is 1.00 bits per heavy atom. The number of fused-ring (bicyclic) bond motifs is 1. The fraction of sp³-hybridized carbons (Fsp3) is 1.00. The van der Waals surface area contributed by atoms with Crippen LogP contribution in [0.15, 0.2) is 0 Å². The van der Waals surface area contributed by atoms with E-state index in [1.165, 1.54) is 12.8 Å². The van der Waals surface area contributed by atoms with Crippen molar-refractivity contribution in [2.75, 3.05) is 39.3 Å². The van der Waals surface area contributed by atoms with Gasteiger partial charge in [0, 0.05) is 32.2 Å². The number of piperazine rings is 1. The number of rotatable bonds is 2. The Hall–Kier alpha value is -0.170. The minimum atomic E-state index is -3.09. The quantitative estimate of drug-likeness (QED) is 0.790. The SMILES string of the molecule is O=S(=O)(C1CCCNC1)N1CCN2CCCCC2C1. The standard InChI is InChI=1S/C13H25N3O2S/c17-19(18,13-5-3-6-14-10-13)16-9-8-15-7-2-1-4-12(15)11-16/h12-14H,1-11H2. The van der Waals surface area contributed by atoms with Crippen LogP contribution >= 0.6 is 0 Å². The summed E-state index contributed by atoms with van der Waals surface area (Å²) in [4.78, 5) is 2.48. The average molecular weight is 287 g/mol. The van der Waals surface area contributed by atoms with Crippen molar-refractivity contribution in [2.45, 2.75) is 43.4 Å². The van der Waals surface area contributed by atoms with Gasteiger partial charge in [-0.05, 0) is 38.8 Å². The van der Waals surface area contributed by atoms with E-state index >= 15 is 0 Å². The van der Waals surface area contributed by atoms with Crippen molar-refractivity contribution < 1.29 is 8.42 Å². The molecule has 6 heteroatoms. The molecule has 19 heavy (non-hydrogen) atoms. The molecule has 2 atom stereocenters. The van der Waals surface area contributed by atoms with Gasteiger partial charge >= 0.3 is 0 Å². The maximum absolute atomic E-state index is 12.7. The van der Waals surface area contributed by atoms with E-state index in [9.17, 15) is 8.42 Å². The summed E-state index contributed by atoms with van der Waals surface area (Å²) in [5, 5.41) is 3.02. The lowest BCUT2D eigenvalue weighted by Crippen LogP contribution is -2.58. The molecular formula is C13H25N3O2S. The lowest BCUT2D eigenvalue weighted by molar-refractivity contribution is 0.0845. The van der Waals surface area contributed by atoms with E-state index in [4.69, 9.17) is 0 Å². The van der Waals surface area contributed by atoms with Crippen LogP contribution in [0.25, 0.3) is 0 Å². The van der Waals surface area contributed by atoms with Crippen LogP contribution in [0.4, 0.5) is 0 Å². The average Bonchev–Trinajstić information content (AvgIpc) is 2.47. The molecule has 110 valence electrons. The van der Waals surface area contributed by atoms with Gasteiger partial charge in [0.15, 0.2) is 0 Å². The third-order valence-corrected chi connectivity index (χ3v) is 7.13. The maximum Gasteiger partial charge on any atom is 0.218 e. The largest absolute Gasteiger partial charge is 0.315 e. The van der Waals surface area contributed by atoms with E-state index in [2.05, 4.69) is 10.2 Å². The highest BCUT2D eigenvalue weighted by atomic mass is 32.2. The van der Waals surface area contributed by atoms with Gasteiger partial charge in [0.05, 0.1) is 5.25 Å². The van der Waals surface area contributed by atoms with E-state index in [-0.39, 0.29) is 5.25 Å². The normalized spacial score (nSPS) is 34.9. The molecule has 3 fully saturated rings. The predicted molar refractivity (Wildman–Crippen MR) is 75.6 cm³/mol. The molecule has 0 aliphatic carbocycles. The maximum atomic E-state index is 12.7. The highest BCUT2D eigenvalue weighted by molar-refractivity contribution is 7.89. The zero-order valence-electron chi connectivity index (χ0n) is 11.6. The molecule has 0 aromatic heterocycles. The molecule has 0 aromatic carbocycles. The first-order chi connectivity index (χ1) is 9.18. The van der Waals surface area contributed by atoms with Crippen molar-refractivity contribution in [1.82, 2.24) is 14.5 Å². The second-order valence-electron chi connectivity index (χ2n) is 6.06. The van der Waals surface area contributed by atoms with Crippen molar-refractivity contribution in [3.8, 4) is 0 Å². The number of nitrogens with one attached hydrogen (secondary N) is 1. The summed E-state index contributed by atoms with van der Waals surface area (Å²) in [5.74, 6) is 0. The third kappa shape index (κ3) is 2.82. The van der Waals surface area contributed by atoms with E-state index in [0.717, 1.165) is 45.4 Å². The van der Waals surface area contributed by atoms with Gasteiger partial charge in [-0.25, -0.2) is 8.42 Å². The lowest BCUT2D eigenvalue weighted by Gasteiger charge is -2.44. The Balaban J connectivity index is 1.67. The first kappa shape index (κ1) is 13.8. The van der Waals surface area contributed by atoms with E-state index < -0.39 is 10.0 Å².